The first kappa shape index (κ1) is 15.3. The van der Waals surface area contributed by atoms with Gasteiger partial charge in [-0.15, -0.1) is 0 Å². The number of hydrogen-bond acceptors (Lipinski definition) is 2. The van der Waals surface area contributed by atoms with E-state index in [0.717, 1.165) is 39.3 Å². The highest BCUT2D eigenvalue weighted by Gasteiger charge is 1.97. The number of aromatic nitrogens is 1. The lowest BCUT2D eigenvalue weighted by Gasteiger charge is -2.07. The van der Waals surface area contributed by atoms with Crippen molar-refractivity contribution in [1.82, 2.24) is 9.88 Å². The second-order valence-corrected chi connectivity index (χ2v) is 5.26. The molecule has 0 aromatic carbocycles. The average Bonchev–Trinajstić information content (AvgIpc) is 2.76. The van der Waals surface area contributed by atoms with Crippen LogP contribution in [0.3, 0.4) is 0 Å². The van der Waals surface area contributed by atoms with Crippen LogP contribution in [0.2, 0.25) is 0 Å². The largest absolute Gasteiger partial charge is 0.381 e. The van der Waals surface area contributed by atoms with Crippen molar-refractivity contribution in [2.24, 2.45) is 5.92 Å². The van der Waals surface area contributed by atoms with Gasteiger partial charge in [-0.05, 0) is 36.9 Å². The third-order valence-corrected chi connectivity index (χ3v) is 2.72. The van der Waals surface area contributed by atoms with Gasteiger partial charge in [0.1, 0.15) is 0 Å². The molecule has 1 rings (SSSR count). The molecule has 1 aromatic rings. The number of nitrogens with zero attached hydrogens (tertiary/aromatic N) is 1. The highest BCUT2D eigenvalue weighted by atomic mass is 16.5. The van der Waals surface area contributed by atoms with Gasteiger partial charge >= 0.3 is 0 Å². The van der Waals surface area contributed by atoms with Crippen molar-refractivity contribution in [2.45, 2.75) is 46.7 Å². The maximum absolute atomic E-state index is 5.54. The lowest BCUT2D eigenvalue weighted by Crippen LogP contribution is -2.16. The zero-order valence-electron chi connectivity index (χ0n) is 12.1. The van der Waals surface area contributed by atoms with Gasteiger partial charge < -0.3 is 14.6 Å². The predicted molar refractivity (Wildman–Crippen MR) is 76.7 cm³/mol. The molecule has 1 aromatic heterocycles. The zero-order valence-corrected chi connectivity index (χ0v) is 12.1. The van der Waals surface area contributed by atoms with Crippen LogP contribution >= 0.6 is 0 Å². The van der Waals surface area contributed by atoms with E-state index in [2.05, 4.69) is 49.1 Å². The van der Waals surface area contributed by atoms with Crippen molar-refractivity contribution in [3.8, 4) is 0 Å². The van der Waals surface area contributed by atoms with Crippen LogP contribution < -0.4 is 5.32 Å². The van der Waals surface area contributed by atoms with Gasteiger partial charge in [-0.1, -0.05) is 20.8 Å². The Kier molecular flexibility index (Phi) is 7.78. The van der Waals surface area contributed by atoms with E-state index >= 15 is 0 Å². The van der Waals surface area contributed by atoms with Crippen molar-refractivity contribution in [2.75, 3.05) is 19.8 Å². The Bertz CT molecular complexity index is 307. The number of hydrogen-bond donors (Lipinski definition) is 1. The molecule has 104 valence electrons. The van der Waals surface area contributed by atoms with Crippen LogP contribution in [-0.2, 0) is 17.8 Å². The highest BCUT2D eigenvalue weighted by Crippen LogP contribution is 2.02. The lowest BCUT2D eigenvalue weighted by molar-refractivity contribution is 0.108. The Labute approximate surface area is 112 Å². The first-order valence-electron chi connectivity index (χ1n) is 7.15. The second kappa shape index (κ2) is 9.17. The maximum Gasteiger partial charge on any atom is 0.0489 e. The van der Waals surface area contributed by atoms with Gasteiger partial charge in [0.25, 0.3) is 0 Å². The van der Waals surface area contributed by atoms with Crippen molar-refractivity contribution < 1.29 is 4.74 Å². The Hall–Kier alpha value is -0.800. The standard InChI is InChI=1S/C15H28N2O/c1-4-8-17-9-6-15(12-17)11-16-7-5-10-18-13-14(2)3/h6,9,12,14,16H,4-5,7-8,10-11,13H2,1-3H3. The monoisotopic (exact) mass is 252 g/mol. The first-order valence-corrected chi connectivity index (χ1v) is 7.15. The van der Waals surface area contributed by atoms with Gasteiger partial charge in [-0.2, -0.15) is 0 Å². The minimum atomic E-state index is 0.635. The van der Waals surface area contributed by atoms with Crippen LogP contribution in [0.4, 0.5) is 0 Å². The molecule has 1 heterocycles. The van der Waals surface area contributed by atoms with Crippen LogP contribution in [0, 0.1) is 5.92 Å². The summed E-state index contributed by atoms with van der Waals surface area (Å²) in [5.41, 5.74) is 1.37. The third-order valence-electron chi connectivity index (χ3n) is 2.72. The van der Waals surface area contributed by atoms with Crippen LogP contribution in [0.25, 0.3) is 0 Å². The second-order valence-electron chi connectivity index (χ2n) is 5.26. The summed E-state index contributed by atoms with van der Waals surface area (Å²) in [7, 11) is 0. The average molecular weight is 252 g/mol. The molecule has 0 aliphatic carbocycles. The van der Waals surface area contributed by atoms with E-state index in [-0.39, 0.29) is 0 Å². The minimum Gasteiger partial charge on any atom is -0.381 e. The number of nitrogens with one attached hydrogen (secondary N) is 1. The fraction of sp³-hybridized carbons (Fsp3) is 0.733. The quantitative estimate of drug-likeness (QED) is 0.648. The van der Waals surface area contributed by atoms with Crippen LogP contribution in [0.1, 0.15) is 39.2 Å². The smallest absolute Gasteiger partial charge is 0.0489 e. The Morgan fingerprint density at radius 1 is 1.39 bits per heavy atom. The molecule has 0 saturated heterocycles. The molecule has 0 atom stereocenters. The normalized spacial score (nSPS) is 11.3. The van der Waals surface area contributed by atoms with Crippen molar-refractivity contribution in [3.05, 3.63) is 24.0 Å². The topological polar surface area (TPSA) is 26.2 Å². The van der Waals surface area contributed by atoms with E-state index in [1.807, 2.05) is 0 Å². The van der Waals surface area contributed by atoms with E-state index in [1.165, 1.54) is 12.0 Å². The summed E-state index contributed by atoms with van der Waals surface area (Å²) >= 11 is 0. The molecule has 0 radical (unpaired) electrons. The van der Waals surface area contributed by atoms with Crippen LogP contribution in [0.15, 0.2) is 18.5 Å². The molecule has 3 nitrogen and oxygen atoms in total. The Morgan fingerprint density at radius 2 is 2.22 bits per heavy atom. The van der Waals surface area contributed by atoms with Gasteiger partial charge in [0.15, 0.2) is 0 Å². The Balaban J connectivity index is 2.00. The van der Waals surface area contributed by atoms with Gasteiger partial charge in [0, 0.05) is 38.7 Å². The molecular formula is C15H28N2O. The summed E-state index contributed by atoms with van der Waals surface area (Å²) in [5, 5.41) is 3.45. The fourth-order valence-electron chi connectivity index (χ4n) is 1.84. The lowest BCUT2D eigenvalue weighted by atomic mass is 10.2. The molecule has 0 aliphatic rings. The molecule has 0 fully saturated rings. The number of ether oxygens (including phenoxy) is 1. The molecular weight excluding hydrogens is 224 g/mol. The maximum atomic E-state index is 5.54. The summed E-state index contributed by atoms with van der Waals surface area (Å²) in [5.74, 6) is 0.635. The molecule has 0 bridgehead atoms. The summed E-state index contributed by atoms with van der Waals surface area (Å²) in [6.45, 7) is 11.4. The van der Waals surface area contributed by atoms with Crippen LogP contribution in [0.5, 0.6) is 0 Å². The van der Waals surface area contributed by atoms with Gasteiger partial charge in [-0.3, -0.25) is 0 Å². The van der Waals surface area contributed by atoms with E-state index in [0.29, 0.717) is 5.92 Å². The van der Waals surface area contributed by atoms with E-state index in [1.54, 1.807) is 0 Å². The van der Waals surface area contributed by atoms with E-state index < -0.39 is 0 Å². The molecule has 0 spiro atoms. The fourth-order valence-corrected chi connectivity index (χ4v) is 1.84. The van der Waals surface area contributed by atoms with E-state index in [9.17, 15) is 0 Å². The molecule has 18 heavy (non-hydrogen) atoms. The van der Waals surface area contributed by atoms with Crippen LogP contribution in [-0.4, -0.2) is 24.3 Å². The number of rotatable bonds is 10. The molecule has 1 N–H and O–H groups in total. The predicted octanol–water partition coefficient (Wildman–Crippen LogP) is 3.05. The molecule has 0 amide bonds. The van der Waals surface area contributed by atoms with Crippen molar-refractivity contribution in [1.29, 1.82) is 0 Å². The van der Waals surface area contributed by atoms with Gasteiger partial charge in [0.05, 0.1) is 0 Å². The summed E-state index contributed by atoms with van der Waals surface area (Å²) < 4.78 is 7.79. The highest BCUT2D eigenvalue weighted by molar-refractivity contribution is 5.09. The molecule has 0 saturated carbocycles. The number of aryl methyl sites for hydroxylation is 1. The molecule has 0 aliphatic heterocycles. The summed E-state index contributed by atoms with van der Waals surface area (Å²) in [6.07, 6.45) is 6.66. The van der Waals surface area contributed by atoms with Gasteiger partial charge in [0.2, 0.25) is 0 Å². The SMILES string of the molecule is CCCn1ccc(CNCCCOCC(C)C)c1. The Morgan fingerprint density at radius 3 is 2.94 bits per heavy atom. The summed E-state index contributed by atoms with van der Waals surface area (Å²) in [6, 6.07) is 2.19. The molecule has 3 heteroatoms. The molecule has 0 unspecified atom stereocenters. The van der Waals surface area contributed by atoms with Crippen molar-refractivity contribution in [3.63, 3.8) is 0 Å². The minimum absolute atomic E-state index is 0.635. The third kappa shape index (κ3) is 6.82. The van der Waals surface area contributed by atoms with E-state index in [4.69, 9.17) is 4.74 Å². The summed E-state index contributed by atoms with van der Waals surface area (Å²) in [4.78, 5) is 0. The van der Waals surface area contributed by atoms with Crippen molar-refractivity contribution >= 4 is 0 Å². The first-order chi connectivity index (χ1) is 8.72. The van der Waals surface area contributed by atoms with Gasteiger partial charge in [-0.25, -0.2) is 0 Å². The zero-order chi connectivity index (χ0) is 13.2.